The second-order valence-corrected chi connectivity index (χ2v) is 3.97. The summed E-state index contributed by atoms with van der Waals surface area (Å²) in [6, 6.07) is 6.07. The lowest BCUT2D eigenvalue weighted by Crippen LogP contribution is -2.25. The van der Waals surface area contributed by atoms with Crippen LogP contribution in [0, 0.1) is 6.92 Å². The first-order valence-corrected chi connectivity index (χ1v) is 6.16. The monoisotopic (exact) mass is 221 g/mol. The molecule has 0 atom stereocenters. The van der Waals surface area contributed by atoms with Crippen LogP contribution in [0.2, 0.25) is 0 Å². The van der Waals surface area contributed by atoms with E-state index < -0.39 is 0 Å². The Labute approximate surface area is 98.9 Å². The zero-order chi connectivity index (χ0) is 11.8. The fourth-order valence-corrected chi connectivity index (χ4v) is 1.70. The van der Waals surface area contributed by atoms with Gasteiger partial charge in [0.15, 0.2) is 0 Å². The summed E-state index contributed by atoms with van der Waals surface area (Å²) in [5.41, 5.74) is 1.06. The SMILES string of the molecule is CCN(CC)CCCNc1cccc(C)n1. The van der Waals surface area contributed by atoms with Crippen molar-refractivity contribution >= 4 is 5.82 Å². The zero-order valence-corrected chi connectivity index (χ0v) is 10.7. The number of hydrogen-bond donors (Lipinski definition) is 1. The molecule has 0 aromatic carbocycles. The molecule has 0 saturated carbocycles. The summed E-state index contributed by atoms with van der Waals surface area (Å²) in [7, 11) is 0. The lowest BCUT2D eigenvalue weighted by atomic mass is 10.3. The maximum atomic E-state index is 4.41. The molecule has 1 N–H and O–H groups in total. The predicted molar refractivity (Wildman–Crippen MR) is 69.9 cm³/mol. The third kappa shape index (κ3) is 4.62. The Hall–Kier alpha value is -1.09. The van der Waals surface area contributed by atoms with Gasteiger partial charge in [-0.1, -0.05) is 19.9 Å². The third-order valence-corrected chi connectivity index (χ3v) is 2.74. The van der Waals surface area contributed by atoms with Crippen LogP contribution in [0.15, 0.2) is 18.2 Å². The van der Waals surface area contributed by atoms with E-state index in [4.69, 9.17) is 0 Å². The second kappa shape index (κ2) is 7.23. The van der Waals surface area contributed by atoms with Crippen LogP contribution >= 0.6 is 0 Å². The molecule has 0 fully saturated rings. The van der Waals surface area contributed by atoms with Crippen LogP contribution in [0.1, 0.15) is 26.0 Å². The van der Waals surface area contributed by atoms with Gasteiger partial charge in [-0.25, -0.2) is 4.98 Å². The molecule has 0 aliphatic heterocycles. The maximum absolute atomic E-state index is 4.41. The second-order valence-electron chi connectivity index (χ2n) is 3.97. The molecular weight excluding hydrogens is 198 g/mol. The lowest BCUT2D eigenvalue weighted by molar-refractivity contribution is 0.303. The van der Waals surface area contributed by atoms with E-state index in [1.807, 2.05) is 25.1 Å². The molecule has 0 bridgehead atoms. The van der Waals surface area contributed by atoms with Crippen LogP contribution in [0.4, 0.5) is 5.82 Å². The standard InChI is InChI=1S/C13H23N3/c1-4-16(5-2)11-7-10-14-13-9-6-8-12(3)15-13/h6,8-9H,4-5,7,10-11H2,1-3H3,(H,14,15). The number of anilines is 1. The molecule has 0 aliphatic rings. The van der Waals surface area contributed by atoms with Gasteiger partial charge in [0.1, 0.15) is 5.82 Å². The number of nitrogens with zero attached hydrogens (tertiary/aromatic N) is 2. The van der Waals surface area contributed by atoms with Crippen molar-refractivity contribution in [2.75, 3.05) is 31.5 Å². The molecule has 0 spiro atoms. The molecule has 0 amide bonds. The van der Waals surface area contributed by atoms with E-state index in [0.29, 0.717) is 0 Å². The fourth-order valence-electron chi connectivity index (χ4n) is 1.70. The molecule has 1 heterocycles. The molecule has 0 aliphatic carbocycles. The minimum Gasteiger partial charge on any atom is -0.370 e. The summed E-state index contributed by atoms with van der Waals surface area (Å²) in [6.45, 7) is 10.9. The van der Waals surface area contributed by atoms with E-state index in [1.54, 1.807) is 0 Å². The smallest absolute Gasteiger partial charge is 0.126 e. The van der Waals surface area contributed by atoms with E-state index in [0.717, 1.165) is 44.1 Å². The molecule has 16 heavy (non-hydrogen) atoms. The van der Waals surface area contributed by atoms with Crippen molar-refractivity contribution < 1.29 is 0 Å². The first kappa shape index (κ1) is 13.0. The Morgan fingerprint density at radius 1 is 1.25 bits per heavy atom. The molecule has 90 valence electrons. The molecule has 3 heteroatoms. The summed E-state index contributed by atoms with van der Waals surface area (Å²) in [4.78, 5) is 6.84. The molecule has 0 saturated heterocycles. The van der Waals surface area contributed by atoms with Crippen molar-refractivity contribution in [2.45, 2.75) is 27.2 Å². The summed E-state index contributed by atoms with van der Waals surface area (Å²) in [6.07, 6.45) is 1.16. The predicted octanol–water partition coefficient (Wildman–Crippen LogP) is 2.53. The Balaban J connectivity index is 2.20. The quantitative estimate of drug-likeness (QED) is 0.717. The van der Waals surface area contributed by atoms with Crippen molar-refractivity contribution in [1.82, 2.24) is 9.88 Å². The van der Waals surface area contributed by atoms with Gasteiger partial charge >= 0.3 is 0 Å². The largest absolute Gasteiger partial charge is 0.370 e. The van der Waals surface area contributed by atoms with Gasteiger partial charge in [-0.05, 0) is 45.1 Å². The average molecular weight is 221 g/mol. The van der Waals surface area contributed by atoms with Crippen molar-refractivity contribution in [3.63, 3.8) is 0 Å². The lowest BCUT2D eigenvalue weighted by Gasteiger charge is -2.17. The number of hydrogen-bond acceptors (Lipinski definition) is 3. The van der Waals surface area contributed by atoms with Crippen LogP contribution < -0.4 is 5.32 Å². The minimum absolute atomic E-state index is 0.986. The minimum atomic E-state index is 0.986. The number of pyridine rings is 1. The number of aromatic nitrogens is 1. The van der Waals surface area contributed by atoms with Crippen LogP contribution in [-0.2, 0) is 0 Å². The van der Waals surface area contributed by atoms with E-state index in [1.165, 1.54) is 0 Å². The van der Waals surface area contributed by atoms with E-state index in [-0.39, 0.29) is 0 Å². The molecule has 1 aromatic heterocycles. The molecule has 1 aromatic rings. The average Bonchev–Trinajstić information content (AvgIpc) is 2.29. The summed E-state index contributed by atoms with van der Waals surface area (Å²) in [5.74, 6) is 0.986. The first-order chi connectivity index (χ1) is 7.76. The van der Waals surface area contributed by atoms with Gasteiger partial charge in [0.05, 0.1) is 0 Å². The van der Waals surface area contributed by atoms with Gasteiger partial charge < -0.3 is 10.2 Å². The Bertz CT molecular complexity index is 295. The molecule has 0 radical (unpaired) electrons. The summed E-state index contributed by atoms with van der Waals surface area (Å²) >= 11 is 0. The Morgan fingerprint density at radius 2 is 2.00 bits per heavy atom. The highest BCUT2D eigenvalue weighted by molar-refractivity contribution is 5.34. The van der Waals surface area contributed by atoms with Crippen LogP contribution in [0.25, 0.3) is 0 Å². The zero-order valence-electron chi connectivity index (χ0n) is 10.7. The van der Waals surface area contributed by atoms with Gasteiger partial charge in [0.2, 0.25) is 0 Å². The van der Waals surface area contributed by atoms with Crippen molar-refractivity contribution in [3.05, 3.63) is 23.9 Å². The topological polar surface area (TPSA) is 28.2 Å². The molecular formula is C13H23N3. The van der Waals surface area contributed by atoms with Crippen LogP contribution in [0.5, 0.6) is 0 Å². The van der Waals surface area contributed by atoms with Crippen molar-refractivity contribution in [1.29, 1.82) is 0 Å². The fraction of sp³-hybridized carbons (Fsp3) is 0.615. The Morgan fingerprint density at radius 3 is 2.62 bits per heavy atom. The van der Waals surface area contributed by atoms with Crippen molar-refractivity contribution in [2.24, 2.45) is 0 Å². The molecule has 0 unspecified atom stereocenters. The van der Waals surface area contributed by atoms with E-state index >= 15 is 0 Å². The van der Waals surface area contributed by atoms with Gasteiger partial charge in [-0.2, -0.15) is 0 Å². The summed E-state index contributed by atoms with van der Waals surface area (Å²) < 4.78 is 0. The van der Waals surface area contributed by atoms with Crippen molar-refractivity contribution in [3.8, 4) is 0 Å². The van der Waals surface area contributed by atoms with Gasteiger partial charge in [-0.3, -0.25) is 0 Å². The third-order valence-electron chi connectivity index (χ3n) is 2.74. The Kier molecular flexibility index (Phi) is 5.86. The number of rotatable bonds is 7. The maximum Gasteiger partial charge on any atom is 0.126 e. The van der Waals surface area contributed by atoms with Crippen LogP contribution in [0.3, 0.4) is 0 Å². The first-order valence-electron chi connectivity index (χ1n) is 6.16. The molecule has 1 rings (SSSR count). The molecule has 3 nitrogen and oxygen atoms in total. The van der Waals surface area contributed by atoms with Gasteiger partial charge in [0.25, 0.3) is 0 Å². The highest BCUT2D eigenvalue weighted by atomic mass is 15.1. The number of aryl methyl sites for hydroxylation is 1. The highest BCUT2D eigenvalue weighted by Crippen LogP contribution is 2.03. The van der Waals surface area contributed by atoms with Crippen LogP contribution in [-0.4, -0.2) is 36.1 Å². The number of nitrogens with one attached hydrogen (secondary N) is 1. The van der Waals surface area contributed by atoms with Gasteiger partial charge in [0, 0.05) is 12.2 Å². The normalized spacial score (nSPS) is 10.8. The van der Waals surface area contributed by atoms with Gasteiger partial charge in [-0.15, -0.1) is 0 Å². The highest BCUT2D eigenvalue weighted by Gasteiger charge is 1.98. The van der Waals surface area contributed by atoms with E-state index in [2.05, 4.69) is 29.0 Å². The summed E-state index contributed by atoms with van der Waals surface area (Å²) in [5, 5.41) is 3.35. The van der Waals surface area contributed by atoms with E-state index in [9.17, 15) is 0 Å².